The van der Waals surface area contributed by atoms with E-state index in [9.17, 15) is 13.2 Å². The Bertz CT molecular complexity index is 568. The Morgan fingerprint density at radius 2 is 1.95 bits per heavy atom. The average molecular weight is 283 g/mol. The summed E-state index contributed by atoms with van der Waals surface area (Å²) in [6, 6.07) is 5.62. The molecule has 1 aliphatic heterocycles. The van der Waals surface area contributed by atoms with Gasteiger partial charge in [-0.2, -0.15) is 4.31 Å². The first-order valence-corrected chi connectivity index (χ1v) is 7.51. The summed E-state index contributed by atoms with van der Waals surface area (Å²) in [5.74, 6) is -0.598. The number of carbonyl (C=O) groups excluding carboxylic acids is 1. The second-order valence-corrected chi connectivity index (χ2v) is 6.41. The predicted octanol–water partition coefficient (Wildman–Crippen LogP) is -0.216. The van der Waals surface area contributed by atoms with E-state index < -0.39 is 22.0 Å². The number of sulfonamides is 1. The quantitative estimate of drug-likeness (QED) is 0.796. The lowest BCUT2D eigenvalue weighted by Gasteiger charge is -2.21. The Kier molecular flexibility index (Phi) is 3.88. The third kappa shape index (κ3) is 2.63. The van der Waals surface area contributed by atoms with Crippen molar-refractivity contribution in [2.24, 2.45) is 11.5 Å². The van der Waals surface area contributed by atoms with E-state index in [-0.39, 0.29) is 4.90 Å². The summed E-state index contributed by atoms with van der Waals surface area (Å²) >= 11 is 0. The van der Waals surface area contributed by atoms with Crippen molar-refractivity contribution in [1.29, 1.82) is 0 Å². The maximum Gasteiger partial charge on any atom is 0.243 e. The lowest BCUT2D eigenvalue weighted by atomic mass is 10.2. The van der Waals surface area contributed by atoms with Crippen LogP contribution in [0, 0.1) is 0 Å². The maximum atomic E-state index is 12.4. The molecule has 104 valence electrons. The van der Waals surface area contributed by atoms with Crippen LogP contribution in [0.3, 0.4) is 0 Å². The first-order chi connectivity index (χ1) is 8.96. The molecule has 1 aliphatic rings. The molecule has 1 aromatic carbocycles. The fourth-order valence-corrected chi connectivity index (χ4v) is 3.91. The van der Waals surface area contributed by atoms with Gasteiger partial charge in [-0.05, 0) is 30.5 Å². The van der Waals surface area contributed by atoms with E-state index in [1.807, 2.05) is 0 Å². The fourth-order valence-electron chi connectivity index (χ4n) is 2.25. The summed E-state index contributed by atoms with van der Waals surface area (Å²) in [6.07, 6.45) is 1.13. The Labute approximate surface area is 112 Å². The second-order valence-electron chi connectivity index (χ2n) is 4.52. The summed E-state index contributed by atoms with van der Waals surface area (Å²) in [5, 5.41) is 0. The third-order valence-electron chi connectivity index (χ3n) is 3.30. The van der Waals surface area contributed by atoms with Gasteiger partial charge in [0.05, 0.1) is 4.90 Å². The van der Waals surface area contributed by atoms with Gasteiger partial charge in [0.1, 0.15) is 6.04 Å². The van der Waals surface area contributed by atoms with Gasteiger partial charge in [0.2, 0.25) is 15.9 Å². The largest absolute Gasteiger partial charge is 0.368 e. The SMILES string of the molecule is NCc1ccc(S(=O)(=O)N2CCCC2C(N)=O)cc1. The molecule has 1 unspecified atom stereocenters. The molecule has 1 atom stereocenters. The molecule has 1 fully saturated rings. The van der Waals surface area contributed by atoms with Crippen LogP contribution in [0.1, 0.15) is 18.4 Å². The number of hydrogen-bond donors (Lipinski definition) is 2. The summed E-state index contributed by atoms with van der Waals surface area (Å²) in [7, 11) is -3.67. The van der Waals surface area contributed by atoms with Crippen LogP contribution in [0.2, 0.25) is 0 Å². The van der Waals surface area contributed by atoms with E-state index in [2.05, 4.69) is 0 Å². The van der Waals surface area contributed by atoms with Crippen molar-refractivity contribution in [3.8, 4) is 0 Å². The zero-order valence-corrected chi connectivity index (χ0v) is 11.3. The van der Waals surface area contributed by atoms with E-state index in [1.165, 1.54) is 16.4 Å². The molecule has 7 heteroatoms. The van der Waals surface area contributed by atoms with Crippen LogP contribution in [-0.2, 0) is 21.4 Å². The molecule has 6 nitrogen and oxygen atoms in total. The van der Waals surface area contributed by atoms with E-state index in [1.54, 1.807) is 12.1 Å². The maximum absolute atomic E-state index is 12.4. The molecule has 0 bridgehead atoms. The van der Waals surface area contributed by atoms with E-state index >= 15 is 0 Å². The fraction of sp³-hybridized carbons (Fsp3) is 0.417. The molecule has 0 radical (unpaired) electrons. The Balaban J connectivity index is 2.33. The van der Waals surface area contributed by atoms with Crippen molar-refractivity contribution in [2.75, 3.05) is 6.54 Å². The Hall–Kier alpha value is -1.44. The minimum atomic E-state index is -3.67. The molecular weight excluding hydrogens is 266 g/mol. The van der Waals surface area contributed by atoms with Crippen LogP contribution >= 0.6 is 0 Å². The zero-order valence-electron chi connectivity index (χ0n) is 10.5. The molecule has 1 aromatic rings. The number of nitrogens with two attached hydrogens (primary N) is 2. The van der Waals surface area contributed by atoms with E-state index in [0.29, 0.717) is 25.9 Å². The molecule has 0 aromatic heterocycles. The van der Waals surface area contributed by atoms with Crippen molar-refractivity contribution in [2.45, 2.75) is 30.3 Å². The molecule has 0 saturated carbocycles. The van der Waals surface area contributed by atoms with Crippen molar-refractivity contribution in [3.05, 3.63) is 29.8 Å². The van der Waals surface area contributed by atoms with Crippen LogP contribution in [0.15, 0.2) is 29.2 Å². The zero-order chi connectivity index (χ0) is 14.0. The van der Waals surface area contributed by atoms with Gasteiger partial charge < -0.3 is 11.5 Å². The van der Waals surface area contributed by atoms with Gasteiger partial charge in [0, 0.05) is 13.1 Å². The first-order valence-electron chi connectivity index (χ1n) is 6.07. The van der Waals surface area contributed by atoms with Gasteiger partial charge >= 0.3 is 0 Å². The van der Waals surface area contributed by atoms with Gasteiger partial charge in [-0.1, -0.05) is 12.1 Å². The molecule has 0 aliphatic carbocycles. The third-order valence-corrected chi connectivity index (χ3v) is 5.22. The summed E-state index contributed by atoms with van der Waals surface area (Å²) in [4.78, 5) is 11.5. The summed E-state index contributed by atoms with van der Waals surface area (Å²) in [5.41, 5.74) is 11.6. The van der Waals surface area contributed by atoms with Crippen molar-refractivity contribution < 1.29 is 13.2 Å². The van der Waals surface area contributed by atoms with Crippen LogP contribution in [0.4, 0.5) is 0 Å². The molecule has 0 spiro atoms. The number of primary amides is 1. The normalized spacial score (nSPS) is 20.6. The standard InChI is InChI=1S/C12H17N3O3S/c13-8-9-3-5-10(6-4-9)19(17,18)15-7-1-2-11(15)12(14)16/h3-6,11H,1-2,7-8,13H2,(H2,14,16). The number of hydrogen-bond acceptors (Lipinski definition) is 4. The first kappa shape index (κ1) is 14.0. The van der Waals surface area contributed by atoms with Gasteiger partial charge in [0.25, 0.3) is 0 Å². The molecule has 19 heavy (non-hydrogen) atoms. The van der Waals surface area contributed by atoms with Crippen LogP contribution in [0.25, 0.3) is 0 Å². The number of amides is 1. The summed E-state index contributed by atoms with van der Waals surface area (Å²) < 4.78 is 26.1. The number of nitrogens with zero attached hydrogens (tertiary/aromatic N) is 1. The highest BCUT2D eigenvalue weighted by atomic mass is 32.2. The molecule has 1 heterocycles. The van der Waals surface area contributed by atoms with Gasteiger partial charge in [0.15, 0.2) is 0 Å². The molecular formula is C12H17N3O3S. The van der Waals surface area contributed by atoms with E-state index in [4.69, 9.17) is 11.5 Å². The molecule has 1 saturated heterocycles. The highest BCUT2D eigenvalue weighted by Crippen LogP contribution is 2.26. The van der Waals surface area contributed by atoms with Crippen LogP contribution in [-0.4, -0.2) is 31.2 Å². The Morgan fingerprint density at radius 1 is 1.32 bits per heavy atom. The predicted molar refractivity (Wildman–Crippen MR) is 70.4 cm³/mol. The number of rotatable bonds is 4. The van der Waals surface area contributed by atoms with Gasteiger partial charge in [-0.25, -0.2) is 8.42 Å². The number of carbonyl (C=O) groups is 1. The Morgan fingerprint density at radius 3 is 2.47 bits per heavy atom. The second kappa shape index (κ2) is 5.28. The molecule has 4 N–H and O–H groups in total. The van der Waals surface area contributed by atoms with Crippen molar-refractivity contribution >= 4 is 15.9 Å². The minimum absolute atomic E-state index is 0.165. The molecule has 2 rings (SSSR count). The average Bonchev–Trinajstić information content (AvgIpc) is 2.89. The topological polar surface area (TPSA) is 106 Å². The van der Waals surface area contributed by atoms with Crippen LogP contribution in [0.5, 0.6) is 0 Å². The number of benzene rings is 1. The summed E-state index contributed by atoms with van der Waals surface area (Å²) in [6.45, 7) is 0.683. The van der Waals surface area contributed by atoms with Crippen molar-refractivity contribution in [1.82, 2.24) is 4.31 Å². The van der Waals surface area contributed by atoms with Crippen molar-refractivity contribution in [3.63, 3.8) is 0 Å². The minimum Gasteiger partial charge on any atom is -0.368 e. The van der Waals surface area contributed by atoms with Crippen LogP contribution < -0.4 is 11.5 Å². The highest BCUT2D eigenvalue weighted by molar-refractivity contribution is 7.89. The lowest BCUT2D eigenvalue weighted by molar-refractivity contribution is -0.121. The monoisotopic (exact) mass is 283 g/mol. The van der Waals surface area contributed by atoms with Gasteiger partial charge in [-0.3, -0.25) is 4.79 Å². The smallest absolute Gasteiger partial charge is 0.243 e. The van der Waals surface area contributed by atoms with Gasteiger partial charge in [-0.15, -0.1) is 0 Å². The highest BCUT2D eigenvalue weighted by Gasteiger charge is 2.38. The lowest BCUT2D eigenvalue weighted by Crippen LogP contribution is -2.43. The molecule has 1 amide bonds. The van der Waals surface area contributed by atoms with E-state index in [0.717, 1.165) is 5.56 Å².